The zero-order valence-corrected chi connectivity index (χ0v) is 15.0. The van der Waals surface area contributed by atoms with Crippen molar-refractivity contribution in [3.63, 3.8) is 0 Å². The van der Waals surface area contributed by atoms with Gasteiger partial charge in [0.2, 0.25) is 0 Å². The van der Waals surface area contributed by atoms with Crippen LogP contribution in [0.4, 0.5) is 0 Å². The second kappa shape index (κ2) is 8.43. The molecule has 3 aliphatic rings. The molecule has 23 heavy (non-hydrogen) atoms. The summed E-state index contributed by atoms with van der Waals surface area (Å²) >= 11 is 0. The van der Waals surface area contributed by atoms with Crippen molar-refractivity contribution in [2.75, 3.05) is 39.4 Å². The average molecular weight is 361 g/mol. The maximum atomic E-state index is 5.78. The molecule has 0 spiro atoms. The number of hydrogen-bond acceptors (Lipinski definition) is 4. The third-order valence-electron chi connectivity index (χ3n) is 5.05. The first-order valence-corrected chi connectivity index (χ1v) is 8.26. The van der Waals surface area contributed by atoms with Gasteiger partial charge in [0, 0.05) is 32.2 Å². The molecule has 2 fully saturated rings. The van der Waals surface area contributed by atoms with Gasteiger partial charge in [-0.05, 0) is 36.5 Å². The van der Waals surface area contributed by atoms with Gasteiger partial charge >= 0.3 is 0 Å². The van der Waals surface area contributed by atoms with Crippen molar-refractivity contribution < 1.29 is 9.47 Å². The smallest absolute Gasteiger partial charge is 0.161 e. The van der Waals surface area contributed by atoms with E-state index in [1.807, 2.05) is 0 Å². The molecule has 1 saturated heterocycles. The lowest BCUT2D eigenvalue weighted by Crippen LogP contribution is -2.47. The van der Waals surface area contributed by atoms with Crippen LogP contribution in [0.25, 0.3) is 0 Å². The van der Waals surface area contributed by atoms with Crippen molar-refractivity contribution in [2.24, 2.45) is 5.92 Å². The molecule has 0 aromatic heterocycles. The molecule has 4 nitrogen and oxygen atoms in total. The van der Waals surface area contributed by atoms with Crippen LogP contribution in [0.1, 0.15) is 30.9 Å². The van der Waals surface area contributed by atoms with Crippen LogP contribution in [-0.4, -0.2) is 44.3 Å². The summed E-state index contributed by atoms with van der Waals surface area (Å²) in [6, 6.07) is 7.12. The van der Waals surface area contributed by atoms with Gasteiger partial charge in [-0.3, -0.25) is 4.90 Å². The number of nitrogens with one attached hydrogen (secondary N) is 1. The molecule has 0 amide bonds. The molecule has 1 aliphatic carbocycles. The summed E-state index contributed by atoms with van der Waals surface area (Å²) in [6.07, 6.45) is 4.11. The van der Waals surface area contributed by atoms with E-state index in [4.69, 9.17) is 9.47 Å². The van der Waals surface area contributed by atoms with E-state index in [0.717, 1.165) is 43.6 Å². The molecule has 0 unspecified atom stereocenters. The van der Waals surface area contributed by atoms with Crippen LogP contribution in [0.2, 0.25) is 0 Å². The van der Waals surface area contributed by atoms with E-state index in [-0.39, 0.29) is 24.8 Å². The third kappa shape index (κ3) is 3.87. The number of halogens is 2. The highest BCUT2D eigenvalue weighted by molar-refractivity contribution is 5.85. The fraction of sp³-hybridized carbons (Fsp3) is 0.647. The lowest BCUT2D eigenvalue weighted by molar-refractivity contribution is 0.0831. The van der Waals surface area contributed by atoms with Gasteiger partial charge in [0.1, 0.15) is 13.2 Å². The third-order valence-corrected chi connectivity index (χ3v) is 5.05. The first-order chi connectivity index (χ1) is 10.4. The monoisotopic (exact) mass is 360 g/mol. The largest absolute Gasteiger partial charge is 0.486 e. The molecular weight excluding hydrogens is 335 g/mol. The molecule has 2 heterocycles. The van der Waals surface area contributed by atoms with Crippen LogP contribution >= 0.6 is 24.8 Å². The van der Waals surface area contributed by atoms with Crippen LogP contribution in [0.3, 0.4) is 0 Å². The van der Waals surface area contributed by atoms with Crippen molar-refractivity contribution in [1.29, 1.82) is 0 Å². The quantitative estimate of drug-likeness (QED) is 0.897. The van der Waals surface area contributed by atoms with Crippen LogP contribution in [0.15, 0.2) is 18.2 Å². The molecule has 1 atom stereocenters. The predicted octanol–water partition coefficient (Wildman–Crippen LogP) is 3.05. The van der Waals surface area contributed by atoms with Gasteiger partial charge in [-0.15, -0.1) is 24.8 Å². The number of fused-ring (bicyclic) bond motifs is 1. The molecule has 1 N–H and O–H groups in total. The summed E-state index contributed by atoms with van der Waals surface area (Å²) in [5.74, 6) is 2.64. The SMILES string of the molecule is Cl.Cl.c1cc2c(cc1[C@H](C1CCC1)N1CCNCC1)OCCO2. The zero-order chi connectivity index (χ0) is 14.1. The number of rotatable bonds is 3. The molecule has 4 rings (SSSR count). The Morgan fingerprint density at radius 2 is 1.70 bits per heavy atom. The number of nitrogens with zero attached hydrogens (tertiary/aromatic N) is 1. The maximum absolute atomic E-state index is 5.78. The molecule has 6 heteroatoms. The Bertz CT molecular complexity index is 505. The molecule has 1 aromatic carbocycles. The highest BCUT2D eigenvalue weighted by atomic mass is 35.5. The standard InChI is InChI=1S/C17H24N2O2.2ClH/c1-2-13(3-1)17(19-8-6-18-7-9-19)14-4-5-15-16(12-14)21-11-10-20-15;;/h4-5,12-13,17-18H,1-3,6-11H2;2*1H/t17-;;/m0../s1. The lowest BCUT2D eigenvalue weighted by atomic mass is 9.76. The number of hydrogen-bond donors (Lipinski definition) is 1. The minimum Gasteiger partial charge on any atom is -0.486 e. The molecule has 130 valence electrons. The van der Waals surface area contributed by atoms with Gasteiger partial charge in [0.25, 0.3) is 0 Å². The van der Waals surface area contributed by atoms with E-state index in [0.29, 0.717) is 19.3 Å². The Hall–Kier alpha value is -0.680. The zero-order valence-electron chi connectivity index (χ0n) is 13.3. The van der Waals surface area contributed by atoms with Crippen LogP contribution < -0.4 is 14.8 Å². The van der Waals surface area contributed by atoms with E-state index < -0.39 is 0 Å². The van der Waals surface area contributed by atoms with Gasteiger partial charge in [0.05, 0.1) is 0 Å². The van der Waals surface area contributed by atoms with Crippen molar-refractivity contribution >= 4 is 24.8 Å². The van der Waals surface area contributed by atoms with Crippen molar-refractivity contribution in [1.82, 2.24) is 10.2 Å². The predicted molar refractivity (Wildman–Crippen MR) is 96.5 cm³/mol. The molecule has 0 bridgehead atoms. The van der Waals surface area contributed by atoms with Crippen LogP contribution in [-0.2, 0) is 0 Å². The van der Waals surface area contributed by atoms with Crippen LogP contribution in [0.5, 0.6) is 11.5 Å². The summed E-state index contributed by atoms with van der Waals surface area (Å²) in [4.78, 5) is 2.66. The van der Waals surface area contributed by atoms with Gasteiger partial charge in [-0.2, -0.15) is 0 Å². The molecule has 1 saturated carbocycles. The highest BCUT2D eigenvalue weighted by Gasteiger charge is 2.34. The molecule has 1 aromatic rings. The minimum absolute atomic E-state index is 0. The fourth-order valence-corrected chi connectivity index (χ4v) is 3.74. The van der Waals surface area contributed by atoms with Gasteiger partial charge in [0.15, 0.2) is 11.5 Å². The Kier molecular flexibility index (Phi) is 6.84. The van der Waals surface area contributed by atoms with E-state index in [1.54, 1.807) is 0 Å². The number of piperazine rings is 1. The topological polar surface area (TPSA) is 33.7 Å². The van der Waals surface area contributed by atoms with E-state index in [9.17, 15) is 0 Å². The van der Waals surface area contributed by atoms with Gasteiger partial charge < -0.3 is 14.8 Å². The highest BCUT2D eigenvalue weighted by Crippen LogP contribution is 2.43. The number of benzene rings is 1. The first-order valence-electron chi connectivity index (χ1n) is 8.26. The summed E-state index contributed by atoms with van der Waals surface area (Å²) in [5, 5.41) is 3.46. The molecule has 2 aliphatic heterocycles. The lowest BCUT2D eigenvalue weighted by Gasteiger charge is -2.43. The maximum Gasteiger partial charge on any atom is 0.161 e. The Morgan fingerprint density at radius 3 is 2.35 bits per heavy atom. The second-order valence-electron chi connectivity index (χ2n) is 6.32. The summed E-state index contributed by atoms with van der Waals surface area (Å²) < 4.78 is 11.4. The van der Waals surface area contributed by atoms with E-state index in [1.165, 1.54) is 24.8 Å². The van der Waals surface area contributed by atoms with Crippen molar-refractivity contribution in [3.05, 3.63) is 23.8 Å². The minimum atomic E-state index is 0. The Morgan fingerprint density at radius 1 is 1.00 bits per heavy atom. The second-order valence-corrected chi connectivity index (χ2v) is 6.32. The summed E-state index contributed by atoms with van der Waals surface area (Å²) in [6.45, 7) is 5.83. The van der Waals surface area contributed by atoms with Crippen molar-refractivity contribution in [2.45, 2.75) is 25.3 Å². The average Bonchev–Trinajstić information content (AvgIpc) is 2.51. The van der Waals surface area contributed by atoms with Gasteiger partial charge in [-0.1, -0.05) is 12.5 Å². The Labute approximate surface area is 150 Å². The molecular formula is C17H26Cl2N2O2. The normalized spacial score (nSPS) is 22.3. The summed E-state index contributed by atoms with van der Waals surface area (Å²) in [7, 11) is 0. The van der Waals surface area contributed by atoms with Gasteiger partial charge in [-0.25, -0.2) is 0 Å². The Balaban J connectivity index is 0.000000960. The van der Waals surface area contributed by atoms with E-state index in [2.05, 4.69) is 28.4 Å². The van der Waals surface area contributed by atoms with Crippen molar-refractivity contribution in [3.8, 4) is 11.5 Å². The summed E-state index contributed by atoms with van der Waals surface area (Å²) in [5.41, 5.74) is 1.41. The fourth-order valence-electron chi connectivity index (χ4n) is 3.74. The molecule has 0 radical (unpaired) electrons. The van der Waals surface area contributed by atoms with Crippen LogP contribution in [0, 0.1) is 5.92 Å². The van der Waals surface area contributed by atoms with E-state index >= 15 is 0 Å². The number of ether oxygens (including phenoxy) is 2. The first kappa shape index (κ1) is 18.7.